The highest BCUT2D eigenvalue weighted by Crippen LogP contribution is 2.62. The van der Waals surface area contributed by atoms with Gasteiger partial charge >= 0.3 is 18.1 Å². The summed E-state index contributed by atoms with van der Waals surface area (Å²) in [4.78, 5) is 36.4. The van der Waals surface area contributed by atoms with Gasteiger partial charge in [-0.1, -0.05) is 6.92 Å². The van der Waals surface area contributed by atoms with Gasteiger partial charge < -0.3 is 18.9 Å². The summed E-state index contributed by atoms with van der Waals surface area (Å²) >= 11 is 0. The van der Waals surface area contributed by atoms with E-state index in [0.29, 0.717) is 19.3 Å². The Morgan fingerprint density at radius 1 is 1.10 bits per heavy atom. The van der Waals surface area contributed by atoms with Gasteiger partial charge in [0.05, 0.1) is 14.2 Å². The smallest absolute Gasteiger partial charge is 0.449 e. The molecule has 4 heterocycles. The Morgan fingerprint density at radius 2 is 1.74 bits per heavy atom. The van der Waals surface area contributed by atoms with Crippen LogP contribution in [0.1, 0.15) is 39.5 Å². The first-order valence-corrected chi connectivity index (χ1v) is 10.2. The van der Waals surface area contributed by atoms with Crippen molar-refractivity contribution in [2.24, 2.45) is 23.7 Å². The lowest BCUT2D eigenvalue weighted by Gasteiger charge is -2.57. The van der Waals surface area contributed by atoms with Gasteiger partial charge in [0.2, 0.25) is 17.8 Å². The first-order chi connectivity index (χ1) is 14.5. The van der Waals surface area contributed by atoms with E-state index < -0.39 is 59.0 Å². The molecule has 1 saturated carbocycles. The Hall–Kier alpha value is -1.85. The van der Waals surface area contributed by atoms with Crippen LogP contribution in [0.2, 0.25) is 0 Å². The number of alkyl halides is 3. The van der Waals surface area contributed by atoms with E-state index in [-0.39, 0.29) is 18.3 Å². The standard InChI is InChI=1S/C20H25F3O8/c1-9-5-6-11-12(13(15(24)26-3)16(25)27-4)14(20(21,22)23)28-17-19(11)10(9)7-8-18(2,29-17)30-31-19/h9-11,13,17H,5-8H2,1-4H3/t9-,10?,11+,17-,18+,19-/m1/s1. The minimum absolute atomic E-state index is 0.0680. The summed E-state index contributed by atoms with van der Waals surface area (Å²) in [5.74, 6) is -8.25. The average molecular weight is 450 g/mol. The first kappa shape index (κ1) is 22.3. The number of halogens is 3. The maximum Gasteiger partial charge on any atom is 0.449 e. The van der Waals surface area contributed by atoms with Crippen LogP contribution < -0.4 is 0 Å². The van der Waals surface area contributed by atoms with Crippen LogP contribution in [0, 0.1) is 23.7 Å². The molecule has 0 aromatic heterocycles. The number of rotatable bonds is 3. The number of ether oxygens (including phenoxy) is 4. The summed E-state index contributed by atoms with van der Waals surface area (Å²) in [6, 6.07) is 0. The zero-order chi connectivity index (χ0) is 22.8. The molecule has 5 rings (SSSR count). The molecule has 0 N–H and O–H groups in total. The van der Waals surface area contributed by atoms with Crippen LogP contribution in [-0.2, 0) is 38.3 Å². The van der Waals surface area contributed by atoms with E-state index in [0.717, 1.165) is 14.2 Å². The highest BCUT2D eigenvalue weighted by atomic mass is 19.4. The highest BCUT2D eigenvalue weighted by molar-refractivity contribution is 5.98. The van der Waals surface area contributed by atoms with Crippen molar-refractivity contribution in [2.75, 3.05) is 14.2 Å². The van der Waals surface area contributed by atoms with E-state index in [9.17, 15) is 22.8 Å². The summed E-state index contributed by atoms with van der Waals surface area (Å²) in [6.45, 7) is 3.57. The van der Waals surface area contributed by atoms with Crippen molar-refractivity contribution < 1.29 is 51.5 Å². The number of fused-ring (bicyclic) bond motifs is 2. The van der Waals surface area contributed by atoms with Crippen LogP contribution >= 0.6 is 0 Å². The molecule has 2 bridgehead atoms. The van der Waals surface area contributed by atoms with E-state index in [2.05, 4.69) is 9.47 Å². The summed E-state index contributed by atoms with van der Waals surface area (Å²) in [5.41, 5.74) is -2.00. The third-order valence-electron chi connectivity index (χ3n) is 7.02. The van der Waals surface area contributed by atoms with Gasteiger partial charge in [-0.25, -0.2) is 9.78 Å². The molecule has 8 nitrogen and oxygen atoms in total. The Morgan fingerprint density at radius 3 is 2.32 bits per heavy atom. The number of carbonyl (C=O) groups is 2. The lowest BCUT2D eigenvalue weighted by Crippen LogP contribution is -2.68. The predicted octanol–water partition coefficient (Wildman–Crippen LogP) is 3.01. The van der Waals surface area contributed by atoms with Crippen LogP contribution in [0.3, 0.4) is 0 Å². The molecule has 1 aliphatic carbocycles. The molecule has 1 unspecified atom stereocenters. The molecule has 0 aromatic rings. The van der Waals surface area contributed by atoms with Gasteiger partial charge in [-0.15, -0.1) is 0 Å². The van der Waals surface area contributed by atoms with Crippen molar-refractivity contribution in [3.8, 4) is 0 Å². The van der Waals surface area contributed by atoms with Crippen molar-refractivity contribution in [1.29, 1.82) is 0 Å². The number of carbonyl (C=O) groups excluding carboxylic acids is 2. The van der Waals surface area contributed by atoms with Gasteiger partial charge in [-0.05, 0) is 32.1 Å². The molecule has 4 fully saturated rings. The maximum atomic E-state index is 14.2. The normalized spacial score (nSPS) is 39.5. The molecular formula is C20H25F3O8. The molecule has 1 spiro atoms. The van der Waals surface area contributed by atoms with Crippen molar-refractivity contribution >= 4 is 11.9 Å². The molecule has 3 saturated heterocycles. The van der Waals surface area contributed by atoms with E-state index in [1.54, 1.807) is 6.92 Å². The summed E-state index contributed by atoms with van der Waals surface area (Å²) in [6.07, 6.45) is -4.68. The van der Waals surface area contributed by atoms with Crippen molar-refractivity contribution in [2.45, 2.75) is 63.4 Å². The predicted molar refractivity (Wildman–Crippen MR) is 94.5 cm³/mol. The minimum atomic E-state index is -4.99. The lowest BCUT2D eigenvalue weighted by molar-refractivity contribution is -0.558. The zero-order valence-electron chi connectivity index (χ0n) is 17.6. The van der Waals surface area contributed by atoms with Crippen molar-refractivity contribution in [3.05, 3.63) is 11.3 Å². The fourth-order valence-corrected chi connectivity index (χ4v) is 5.58. The summed E-state index contributed by atoms with van der Waals surface area (Å²) < 4.78 is 63.1. The van der Waals surface area contributed by atoms with Gasteiger partial charge in [-0.3, -0.25) is 9.59 Å². The minimum Gasteiger partial charge on any atom is -0.468 e. The topological polar surface area (TPSA) is 89.5 Å². The number of hydrogen-bond acceptors (Lipinski definition) is 8. The average Bonchev–Trinajstić information content (AvgIpc) is 2.94. The van der Waals surface area contributed by atoms with Gasteiger partial charge in [0, 0.05) is 23.8 Å². The number of hydrogen-bond donors (Lipinski definition) is 0. The lowest BCUT2D eigenvalue weighted by atomic mass is 9.58. The Balaban J connectivity index is 1.96. The second kappa shape index (κ2) is 7.35. The Bertz CT molecular complexity index is 795. The molecule has 0 radical (unpaired) electrons. The molecule has 174 valence electrons. The summed E-state index contributed by atoms with van der Waals surface area (Å²) in [5, 5.41) is 0. The SMILES string of the molecule is COC(=O)C(C(=O)OC)C1=C(C(F)(F)F)O[C@@H]2O[C@]3(C)CCC4[C@H](C)CC[C@@H]1[C@]42OO3. The second-order valence-corrected chi connectivity index (χ2v) is 8.74. The van der Waals surface area contributed by atoms with Crippen LogP contribution in [0.25, 0.3) is 0 Å². The molecule has 6 atom stereocenters. The first-order valence-electron chi connectivity index (χ1n) is 10.2. The van der Waals surface area contributed by atoms with Crippen LogP contribution in [0.5, 0.6) is 0 Å². The Labute approximate surface area is 176 Å². The van der Waals surface area contributed by atoms with Crippen molar-refractivity contribution in [1.82, 2.24) is 0 Å². The van der Waals surface area contributed by atoms with Gasteiger partial charge in [-0.2, -0.15) is 13.2 Å². The van der Waals surface area contributed by atoms with E-state index in [1.165, 1.54) is 0 Å². The van der Waals surface area contributed by atoms with E-state index in [1.807, 2.05) is 6.92 Å². The highest BCUT2D eigenvalue weighted by Gasteiger charge is 2.71. The fourth-order valence-electron chi connectivity index (χ4n) is 5.58. The third kappa shape index (κ3) is 3.23. The second-order valence-electron chi connectivity index (χ2n) is 8.74. The molecule has 0 amide bonds. The molecule has 0 aromatic carbocycles. The van der Waals surface area contributed by atoms with Crippen LogP contribution in [0.4, 0.5) is 13.2 Å². The van der Waals surface area contributed by atoms with Gasteiger partial charge in [0.1, 0.15) is 0 Å². The van der Waals surface area contributed by atoms with E-state index >= 15 is 0 Å². The molecule has 31 heavy (non-hydrogen) atoms. The zero-order valence-corrected chi connectivity index (χ0v) is 17.6. The summed E-state index contributed by atoms with van der Waals surface area (Å²) in [7, 11) is 1.98. The molecular weight excluding hydrogens is 425 g/mol. The van der Waals surface area contributed by atoms with Crippen LogP contribution in [-0.4, -0.2) is 50.0 Å². The van der Waals surface area contributed by atoms with Gasteiger partial charge in [0.15, 0.2) is 11.5 Å². The molecule has 5 aliphatic rings. The maximum absolute atomic E-state index is 14.2. The van der Waals surface area contributed by atoms with Gasteiger partial charge in [0.25, 0.3) is 0 Å². The van der Waals surface area contributed by atoms with Crippen molar-refractivity contribution in [3.63, 3.8) is 0 Å². The number of allylic oxidation sites excluding steroid dienone is 1. The largest absolute Gasteiger partial charge is 0.468 e. The third-order valence-corrected chi connectivity index (χ3v) is 7.02. The molecule has 4 aliphatic heterocycles. The molecule has 11 heteroatoms. The van der Waals surface area contributed by atoms with E-state index in [4.69, 9.17) is 19.2 Å². The van der Waals surface area contributed by atoms with Crippen LogP contribution in [0.15, 0.2) is 11.3 Å². The Kier molecular flexibility index (Phi) is 5.30. The monoisotopic (exact) mass is 450 g/mol. The fraction of sp³-hybridized carbons (Fsp3) is 0.800. The number of methoxy groups -OCH3 is 2. The quantitative estimate of drug-likeness (QED) is 0.368. The number of esters is 2.